The molecule has 1 nitrogen and oxygen atoms in total. The van der Waals surface area contributed by atoms with Gasteiger partial charge in [-0.1, -0.05) is 45.2 Å². The van der Waals surface area contributed by atoms with Crippen LogP contribution in [0, 0.1) is 5.82 Å². The van der Waals surface area contributed by atoms with Crippen molar-refractivity contribution in [3.05, 3.63) is 67.9 Å². The van der Waals surface area contributed by atoms with Crippen LogP contribution in [0.5, 0.6) is 0 Å². The van der Waals surface area contributed by atoms with Crippen molar-refractivity contribution < 1.29 is 9.50 Å². The molecule has 0 radical (unpaired) electrons. The molecular weight excluding hydrogens is 354 g/mol. The quantitative estimate of drug-likeness (QED) is 0.797. The van der Waals surface area contributed by atoms with Gasteiger partial charge >= 0.3 is 0 Å². The summed E-state index contributed by atoms with van der Waals surface area (Å²) in [7, 11) is 0. The SMILES string of the molecule is OC(Cc1cc(F)ccc1Cl)c1ccc(Cl)cc1Br. The minimum absolute atomic E-state index is 0.233. The molecule has 0 heterocycles. The van der Waals surface area contributed by atoms with Crippen LogP contribution in [0.15, 0.2) is 40.9 Å². The first-order chi connectivity index (χ1) is 8.97. The van der Waals surface area contributed by atoms with Crippen molar-refractivity contribution >= 4 is 39.1 Å². The van der Waals surface area contributed by atoms with E-state index in [1.165, 1.54) is 18.2 Å². The predicted octanol–water partition coefficient (Wildman–Crippen LogP) is 5.17. The summed E-state index contributed by atoms with van der Waals surface area (Å²) in [6.45, 7) is 0. The summed E-state index contributed by atoms with van der Waals surface area (Å²) >= 11 is 15.2. The molecule has 5 heteroatoms. The van der Waals surface area contributed by atoms with Gasteiger partial charge in [-0.3, -0.25) is 0 Å². The second-order valence-electron chi connectivity index (χ2n) is 4.12. The summed E-state index contributed by atoms with van der Waals surface area (Å²) < 4.78 is 13.9. The molecule has 0 aromatic heterocycles. The van der Waals surface area contributed by atoms with E-state index in [2.05, 4.69) is 15.9 Å². The molecule has 100 valence electrons. The third-order valence-electron chi connectivity index (χ3n) is 2.74. The predicted molar refractivity (Wildman–Crippen MR) is 79.2 cm³/mol. The first-order valence-electron chi connectivity index (χ1n) is 5.54. The molecule has 1 N–H and O–H groups in total. The van der Waals surface area contributed by atoms with E-state index >= 15 is 0 Å². The van der Waals surface area contributed by atoms with E-state index in [1.807, 2.05) is 0 Å². The smallest absolute Gasteiger partial charge is 0.123 e. The van der Waals surface area contributed by atoms with Crippen molar-refractivity contribution in [2.24, 2.45) is 0 Å². The van der Waals surface area contributed by atoms with Crippen LogP contribution in [0.2, 0.25) is 10.0 Å². The summed E-state index contributed by atoms with van der Waals surface area (Å²) in [5.41, 5.74) is 1.25. The van der Waals surface area contributed by atoms with Crippen LogP contribution in [0.25, 0.3) is 0 Å². The van der Waals surface area contributed by atoms with Crippen molar-refractivity contribution in [1.82, 2.24) is 0 Å². The van der Waals surface area contributed by atoms with Gasteiger partial charge in [-0.05, 0) is 41.5 Å². The van der Waals surface area contributed by atoms with Crippen LogP contribution in [0.4, 0.5) is 4.39 Å². The third-order valence-corrected chi connectivity index (χ3v) is 4.03. The Hall–Kier alpha value is -0.610. The maximum atomic E-state index is 13.2. The first-order valence-corrected chi connectivity index (χ1v) is 7.09. The highest BCUT2D eigenvalue weighted by Crippen LogP contribution is 2.30. The minimum Gasteiger partial charge on any atom is -0.388 e. The molecule has 0 aliphatic carbocycles. The molecule has 0 aliphatic rings. The average molecular weight is 364 g/mol. The molecule has 0 bridgehead atoms. The fraction of sp³-hybridized carbons (Fsp3) is 0.143. The highest BCUT2D eigenvalue weighted by molar-refractivity contribution is 9.10. The molecule has 0 amide bonds. The Labute approximate surface area is 129 Å². The Morgan fingerprint density at radius 2 is 1.89 bits per heavy atom. The Bertz CT molecular complexity index is 604. The van der Waals surface area contributed by atoms with Crippen LogP contribution in [-0.2, 0) is 6.42 Å². The Morgan fingerprint density at radius 1 is 1.16 bits per heavy atom. The number of rotatable bonds is 3. The van der Waals surface area contributed by atoms with E-state index in [4.69, 9.17) is 23.2 Å². The van der Waals surface area contributed by atoms with Crippen molar-refractivity contribution in [1.29, 1.82) is 0 Å². The molecule has 0 aliphatic heterocycles. The molecule has 2 aromatic rings. The molecular formula is C14H10BrCl2FO. The van der Waals surface area contributed by atoms with Gasteiger partial charge in [-0.25, -0.2) is 4.39 Å². The van der Waals surface area contributed by atoms with E-state index < -0.39 is 6.10 Å². The minimum atomic E-state index is -0.786. The molecule has 2 rings (SSSR count). The fourth-order valence-electron chi connectivity index (χ4n) is 1.79. The maximum absolute atomic E-state index is 13.2. The van der Waals surface area contributed by atoms with E-state index in [9.17, 15) is 9.50 Å². The molecule has 0 saturated carbocycles. The number of aliphatic hydroxyl groups excluding tert-OH is 1. The Morgan fingerprint density at radius 3 is 2.58 bits per heavy atom. The van der Waals surface area contributed by atoms with Crippen LogP contribution in [-0.4, -0.2) is 5.11 Å². The Balaban J connectivity index is 2.25. The lowest BCUT2D eigenvalue weighted by Crippen LogP contribution is -2.03. The molecule has 2 aromatic carbocycles. The van der Waals surface area contributed by atoms with Crippen LogP contribution >= 0.6 is 39.1 Å². The summed E-state index contributed by atoms with van der Waals surface area (Å²) in [5.74, 6) is -0.373. The lowest BCUT2D eigenvalue weighted by atomic mass is 10.0. The van der Waals surface area contributed by atoms with Gasteiger partial charge in [-0.15, -0.1) is 0 Å². The normalized spacial score (nSPS) is 12.5. The van der Waals surface area contributed by atoms with Gasteiger partial charge < -0.3 is 5.11 Å². The summed E-state index contributed by atoms with van der Waals surface area (Å²) in [5, 5.41) is 11.2. The lowest BCUT2D eigenvalue weighted by Gasteiger charge is -2.14. The van der Waals surface area contributed by atoms with Gasteiger partial charge in [0.2, 0.25) is 0 Å². The van der Waals surface area contributed by atoms with E-state index in [0.717, 1.165) is 0 Å². The van der Waals surface area contributed by atoms with Gasteiger partial charge in [-0.2, -0.15) is 0 Å². The molecule has 19 heavy (non-hydrogen) atoms. The number of benzene rings is 2. The van der Waals surface area contributed by atoms with Crippen molar-refractivity contribution in [2.45, 2.75) is 12.5 Å². The van der Waals surface area contributed by atoms with Crippen molar-refractivity contribution in [3.63, 3.8) is 0 Å². The highest BCUT2D eigenvalue weighted by atomic mass is 79.9. The van der Waals surface area contributed by atoms with E-state index in [1.54, 1.807) is 18.2 Å². The summed E-state index contributed by atoms with van der Waals surface area (Å²) in [6.07, 6.45) is -0.553. The largest absolute Gasteiger partial charge is 0.388 e. The molecule has 0 saturated heterocycles. The second-order valence-corrected chi connectivity index (χ2v) is 5.82. The van der Waals surface area contributed by atoms with Gasteiger partial charge in [0.1, 0.15) is 5.82 Å². The third kappa shape index (κ3) is 3.69. The molecule has 1 atom stereocenters. The second kappa shape index (κ2) is 6.23. The number of hydrogen-bond donors (Lipinski definition) is 1. The Kier molecular flexibility index (Phi) is 4.85. The highest BCUT2D eigenvalue weighted by Gasteiger charge is 2.14. The number of aliphatic hydroxyl groups is 1. The summed E-state index contributed by atoms with van der Waals surface area (Å²) in [4.78, 5) is 0. The first kappa shape index (κ1) is 14.8. The van der Waals surface area contributed by atoms with Crippen LogP contribution in [0.1, 0.15) is 17.2 Å². The van der Waals surface area contributed by atoms with Gasteiger partial charge in [0.15, 0.2) is 0 Å². The van der Waals surface area contributed by atoms with Crippen molar-refractivity contribution in [2.75, 3.05) is 0 Å². The van der Waals surface area contributed by atoms with Gasteiger partial charge in [0, 0.05) is 20.9 Å². The topological polar surface area (TPSA) is 20.2 Å². The standard InChI is InChI=1S/C14H10BrCl2FO/c15-12-7-9(16)1-3-11(12)14(19)6-8-5-10(18)2-4-13(8)17/h1-5,7,14,19H,6H2. The number of hydrogen-bond acceptors (Lipinski definition) is 1. The molecule has 1 unspecified atom stereocenters. The summed E-state index contributed by atoms with van der Waals surface area (Å²) in [6, 6.07) is 9.22. The molecule has 0 spiro atoms. The zero-order valence-electron chi connectivity index (χ0n) is 9.71. The maximum Gasteiger partial charge on any atom is 0.123 e. The number of halogens is 4. The monoisotopic (exact) mass is 362 g/mol. The van der Waals surface area contributed by atoms with E-state index in [0.29, 0.717) is 25.6 Å². The lowest BCUT2D eigenvalue weighted by molar-refractivity contribution is 0.177. The van der Waals surface area contributed by atoms with Gasteiger partial charge in [0.05, 0.1) is 6.10 Å². The zero-order chi connectivity index (χ0) is 14.0. The average Bonchev–Trinajstić information content (AvgIpc) is 2.33. The van der Waals surface area contributed by atoms with Gasteiger partial charge in [0.25, 0.3) is 0 Å². The zero-order valence-corrected chi connectivity index (χ0v) is 12.8. The van der Waals surface area contributed by atoms with Crippen LogP contribution < -0.4 is 0 Å². The molecule has 0 fully saturated rings. The fourth-order valence-corrected chi connectivity index (χ4v) is 2.93. The van der Waals surface area contributed by atoms with Crippen LogP contribution in [0.3, 0.4) is 0 Å². The van der Waals surface area contributed by atoms with E-state index in [-0.39, 0.29) is 12.2 Å². The van der Waals surface area contributed by atoms with Crippen molar-refractivity contribution in [3.8, 4) is 0 Å².